The molecule has 1 saturated carbocycles. The molecule has 69 valence electrons. The molecule has 0 amide bonds. The van der Waals surface area contributed by atoms with Crippen molar-refractivity contribution in [1.82, 2.24) is 10.6 Å². The van der Waals surface area contributed by atoms with Gasteiger partial charge in [0.25, 0.3) is 0 Å². The highest BCUT2D eigenvalue weighted by molar-refractivity contribution is 4.80. The van der Waals surface area contributed by atoms with Gasteiger partial charge in [-0.25, -0.2) is 5.32 Å². The lowest BCUT2D eigenvalue weighted by molar-refractivity contribution is 0.462. The molecule has 0 unspecified atom stereocenters. The molecular weight excluding hydrogens is 148 g/mol. The molecule has 0 aromatic carbocycles. The van der Waals surface area contributed by atoms with Crippen molar-refractivity contribution in [3.63, 3.8) is 0 Å². The summed E-state index contributed by atoms with van der Waals surface area (Å²) >= 11 is 0. The van der Waals surface area contributed by atoms with Gasteiger partial charge in [0.05, 0.1) is 0 Å². The van der Waals surface area contributed by atoms with Crippen LogP contribution in [-0.2, 0) is 0 Å². The molecule has 0 aromatic rings. The van der Waals surface area contributed by atoms with Crippen molar-refractivity contribution in [1.29, 1.82) is 0 Å². The van der Waals surface area contributed by atoms with Gasteiger partial charge in [-0.15, -0.1) is 0 Å². The molecule has 2 fully saturated rings. The molecule has 1 atom stereocenters. The van der Waals surface area contributed by atoms with Crippen LogP contribution in [0.3, 0.4) is 0 Å². The maximum Gasteiger partial charge on any atom is 0.0371 e. The minimum atomic E-state index is 0.644. The first kappa shape index (κ1) is 8.52. The number of hydrogen-bond acceptors (Lipinski definition) is 1. The van der Waals surface area contributed by atoms with Gasteiger partial charge in [-0.1, -0.05) is 12.8 Å². The third-order valence-corrected chi connectivity index (χ3v) is 3.08. The van der Waals surface area contributed by atoms with E-state index in [-0.39, 0.29) is 0 Å². The quantitative estimate of drug-likeness (QED) is 0.673. The van der Waals surface area contributed by atoms with Crippen LogP contribution < -0.4 is 10.6 Å². The fraction of sp³-hybridized carbons (Fsp3) is 1.00. The normalized spacial score (nSPS) is 31.5. The predicted molar refractivity (Wildman–Crippen MR) is 50.3 cm³/mol. The van der Waals surface area contributed by atoms with E-state index in [0.29, 0.717) is 6.04 Å². The molecular formula is C10H19N2. The van der Waals surface area contributed by atoms with Crippen molar-refractivity contribution in [2.24, 2.45) is 0 Å². The summed E-state index contributed by atoms with van der Waals surface area (Å²) in [5.41, 5.74) is 0. The molecule has 1 radical (unpaired) electrons. The van der Waals surface area contributed by atoms with E-state index in [1.165, 1.54) is 38.5 Å². The summed E-state index contributed by atoms with van der Waals surface area (Å²) in [6.45, 7) is 2.25. The molecule has 2 rings (SSSR count). The second-order valence-corrected chi connectivity index (χ2v) is 4.09. The van der Waals surface area contributed by atoms with E-state index in [2.05, 4.69) is 10.6 Å². The van der Waals surface area contributed by atoms with Gasteiger partial charge >= 0.3 is 0 Å². The van der Waals surface area contributed by atoms with Crippen LogP contribution in [0.5, 0.6) is 0 Å². The Labute approximate surface area is 75.1 Å². The molecule has 0 aromatic heterocycles. The monoisotopic (exact) mass is 167 g/mol. The zero-order valence-electron chi connectivity index (χ0n) is 7.76. The van der Waals surface area contributed by atoms with Gasteiger partial charge in [0.15, 0.2) is 0 Å². The lowest BCUT2D eigenvalue weighted by Crippen LogP contribution is -2.35. The first-order valence-corrected chi connectivity index (χ1v) is 5.35. The minimum absolute atomic E-state index is 0.644. The molecule has 2 nitrogen and oxygen atoms in total. The van der Waals surface area contributed by atoms with Gasteiger partial charge in [0.1, 0.15) is 0 Å². The highest BCUT2D eigenvalue weighted by atomic mass is 15.0. The molecule has 2 aliphatic rings. The molecule has 1 N–H and O–H groups in total. The number of nitrogens with zero attached hydrogens (tertiary/aromatic N) is 1. The Hall–Kier alpha value is -0.0800. The van der Waals surface area contributed by atoms with Crippen LogP contribution in [0.2, 0.25) is 0 Å². The molecule has 12 heavy (non-hydrogen) atoms. The van der Waals surface area contributed by atoms with E-state index >= 15 is 0 Å². The molecule has 1 heterocycles. The van der Waals surface area contributed by atoms with Gasteiger partial charge in [-0.05, 0) is 25.7 Å². The molecule has 1 saturated heterocycles. The Morgan fingerprint density at radius 2 is 1.92 bits per heavy atom. The maximum absolute atomic E-state index is 4.53. The van der Waals surface area contributed by atoms with Crippen molar-refractivity contribution in [3.05, 3.63) is 0 Å². The second-order valence-electron chi connectivity index (χ2n) is 4.09. The SMILES string of the molecule is C1CCC(NC[C@@H]2CCC[N]2)C1. The van der Waals surface area contributed by atoms with Crippen molar-refractivity contribution in [2.75, 3.05) is 13.1 Å². The third-order valence-electron chi connectivity index (χ3n) is 3.08. The third kappa shape index (κ3) is 2.20. The lowest BCUT2D eigenvalue weighted by atomic mass is 10.2. The summed E-state index contributed by atoms with van der Waals surface area (Å²) in [5, 5.41) is 8.16. The molecule has 0 bridgehead atoms. The number of nitrogens with one attached hydrogen (secondary N) is 1. The van der Waals surface area contributed by atoms with Crippen molar-refractivity contribution in [2.45, 2.75) is 50.6 Å². The highest BCUT2D eigenvalue weighted by Crippen LogP contribution is 2.17. The Morgan fingerprint density at radius 3 is 2.58 bits per heavy atom. The van der Waals surface area contributed by atoms with Crippen LogP contribution in [0.15, 0.2) is 0 Å². The van der Waals surface area contributed by atoms with Crippen LogP contribution in [0.1, 0.15) is 38.5 Å². The van der Waals surface area contributed by atoms with Crippen molar-refractivity contribution < 1.29 is 0 Å². The summed E-state index contributed by atoms with van der Waals surface area (Å²) in [6, 6.07) is 1.46. The van der Waals surface area contributed by atoms with Crippen molar-refractivity contribution in [3.8, 4) is 0 Å². The van der Waals surface area contributed by atoms with Gasteiger partial charge < -0.3 is 5.32 Å². The molecule has 1 aliphatic carbocycles. The van der Waals surface area contributed by atoms with Gasteiger partial charge in [0.2, 0.25) is 0 Å². The Bertz CT molecular complexity index is 108. The maximum atomic E-state index is 4.53. The predicted octanol–water partition coefficient (Wildman–Crippen LogP) is 1.29. The summed E-state index contributed by atoms with van der Waals surface area (Å²) < 4.78 is 0. The van der Waals surface area contributed by atoms with Gasteiger partial charge in [-0.2, -0.15) is 0 Å². The fourth-order valence-electron chi connectivity index (χ4n) is 2.29. The zero-order valence-corrected chi connectivity index (χ0v) is 7.76. The summed E-state index contributed by atoms with van der Waals surface area (Å²) in [6.07, 6.45) is 8.29. The summed E-state index contributed by atoms with van der Waals surface area (Å²) in [5.74, 6) is 0. The lowest BCUT2D eigenvalue weighted by Gasteiger charge is -2.15. The van der Waals surface area contributed by atoms with Crippen LogP contribution in [-0.4, -0.2) is 25.2 Å². The van der Waals surface area contributed by atoms with E-state index in [4.69, 9.17) is 0 Å². The molecule has 1 aliphatic heterocycles. The highest BCUT2D eigenvalue weighted by Gasteiger charge is 2.19. The second kappa shape index (κ2) is 4.24. The van der Waals surface area contributed by atoms with Crippen LogP contribution in [0.25, 0.3) is 0 Å². The smallest absolute Gasteiger partial charge is 0.0371 e. The van der Waals surface area contributed by atoms with E-state index in [9.17, 15) is 0 Å². The largest absolute Gasteiger partial charge is 0.312 e. The fourth-order valence-corrected chi connectivity index (χ4v) is 2.29. The standard InChI is InChI=1S/C10H19N2/c1-2-5-9(4-1)12-8-10-6-3-7-11-10/h9-10,12H,1-8H2/t10-/m0/s1. The average molecular weight is 167 g/mol. The van der Waals surface area contributed by atoms with Gasteiger partial charge in [0, 0.05) is 25.2 Å². The van der Waals surface area contributed by atoms with Crippen LogP contribution in [0, 0.1) is 0 Å². The Kier molecular flexibility index (Phi) is 3.01. The average Bonchev–Trinajstić information content (AvgIpc) is 2.74. The van der Waals surface area contributed by atoms with E-state index in [1.54, 1.807) is 0 Å². The Balaban J connectivity index is 1.60. The van der Waals surface area contributed by atoms with Gasteiger partial charge in [-0.3, -0.25) is 0 Å². The first-order chi connectivity index (χ1) is 5.95. The molecule has 0 spiro atoms. The topological polar surface area (TPSA) is 26.1 Å². The van der Waals surface area contributed by atoms with E-state index in [0.717, 1.165) is 19.1 Å². The minimum Gasteiger partial charge on any atom is -0.312 e. The first-order valence-electron chi connectivity index (χ1n) is 5.35. The number of rotatable bonds is 3. The summed E-state index contributed by atoms with van der Waals surface area (Å²) in [4.78, 5) is 0. The molecule has 2 heteroatoms. The van der Waals surface area contributed by atoms with Crippen molar-refractivity contribution >= 4 is 0 Å². The number of hydrogen-bond donors (Lipinski definition) is 1. The van der Waals surface area contributed by atoms with E-state index < -0.39 is 0 Å². The van der Waals surface area contributed by atoms with E-state index in [1.807, 2.05) is 0 Å². The van der Waals surface area contributed by atoms with Crippen LogP contribution >= 0.6 is 0 Å². The Morgan fingerprint density at radius 1 is 1.08 bits per heavy atom. The zero-order chi connectivity index (χ0) is 8.23. The summed E-state index contributed by atoms with van der Waals surface area (Å²) in [7, 11) is 0. The van der Waals surface area contributed by atoms with Crippen LogP contribution in [0.4, 0.5) is 0 Å².